The number of aliphatic hydroxyl groups is 1. The highest BCUT2D eigenvalue weighted by atomic mass is 31.1. The van der Waals surface area contributed by atoms with E-state index in [1.165, 1.54) is 6.92 Å². The lowest BCUT2D eigenvalue weighted by Crippen LogP contribution is -2.09. The summed E-state index contributed by atoms with van der Waals surface area (Å²) in [6, 6.07) is 0. The smallest absolute Gasteiger partial charge is 0.460 e. The predicted molar refractivity (Wildman–Crippen MR) is 47.5 cm³/mol. The molecule has 0 saturated heterocycles. The normalized spacial score (nSPS) is 10.9. The van der Waals surface area contributed by atoms with E-state index in [2.05, 4.69) is 20.4 Å². The molecule has 80 valence electrons. The molecule has 0 bridgehead atoms. The second-order valence-electron chi connectivity index (χ2n) is 2.23. The summed E-state index contributed by atoms with van der Waals surface area (Å²) < 4.78 is 23.9. The maximum atomic E-state index is 10.8. The standard InChI is InChI=1S/C7H12O6P/c1-6(2)7(9)11-3-4-12-14(10)13-5-8/h8H,1,3-5H2,2H3/q+1. The molecule has 1 unspecified atom stereocenters. The van der Waals surface area contributed by atoms with E-state index in [4.69, 9.17) is 5.11 Å². The van der Waals surface area contributed by atoms with Gasteiger partial charge >= 0.3 is 14.2 Å². The third-order valence-corrected chi connectivity index (χ3v) is 1.74. The summed E-state index contributed by atoms with van der Waals surface area (Å²) in [7, 11) is -2.34. The van der Waals surface area contributed by atoms with Gasteiger partial charge < -0.3 is 9.84 Å². The lowest BCUT2D eigenvalue weighted by molar-refractivity contribution is -0.139. The number of aliphatic hydroxyl groups excluding tert-OH is 1. The van der Waals surface area contributed by atoms with Crippen LogP contribution in [0.15, 0.2) is 12.2 Å². The Labute approximate surface area is 82.4 Å². The molecule has 0 aliphatic carbocycles. The van der Waals surface area contributed by atoms with Gasteiger partial charge in [0.25, 0.3) is 0 Å². The van der Waals surface area contributed by atoms with E-state index < -0.39 is 21.0 Å². The van der Waals surface area contributed by atoms with E-state index in [0.29, 0.717) is 0 Å². The molecule has 0 rings (SSSR count). The van der Waals surface area contributed by atoms with Gasteiger partial charge in [0.05, 0.1) is 0 Å². The molecule has 0 heterocycles. The maximum Gasteiger partial charge on any atom is 0.699 e. The highest BCUT2D eigenvalue weighted by Crippen LogP contribution is 2.21. The molecule has 0 fully saturated rings. The molecule has 0 aliphatic heterocycles. The van der Waals surface area contributed by atoms with Crippen molar-refractivity contribution < 1.29 is 28.3 Å². The van der Waals surface area contributed by atoms with Crippen molar-refractivity contribution in [3.63, 3.8) is 0 Å². The fourth-order valence-electron chi connectivity index (χ4n) is 0.454. The van der Waals surface area contributed by atoms with Gasteiger partial charge in [0.15, 0.2) is 0 Å². The van der Waals surface area contributed by atoms with Gasteiger partial charge in [-0.3, -0.25) is 0 Å². The number of carbonyl (C=O) groups excluding carboxylic acids is 1. The van der Waals surface area contributed by atoms with E-state index >= 15 is 0 Å². The molecule has 0 aliphatic rings. The lowest BCUT2D eigenvalue weighted by Gasteiger charge is -1.99. The van der Waals surface area contributed by atoms with Crippen molar-refractivity contribution in [1.29, 1.82) is 0 Å². The fourth-order valence-corrected chi connectivity index (χ4v) is 0.846. The molecule has 6 nitrogen and oxygen atoms in total. The maximum absolute atomic E-state index is 10.8. The second-order valence-corrected chi connectivity index (χ2v) is 3.19. The topological polar surface area (TPSA) is 82.1 Å². The number of hydrogen-bond donors (Lipinski definition) is 1. The third-order valence-electron chi connectivity index (χ3n) is 1.02. The van der Waals surface area contributed by atoms with Gasteiger partial charge in [-0.1, -0.05) is 11.1 Å². The van der Waals surface area contributed by atoms with E-state index in [-0.39, 0.29) is 18.8 Å². The molecular weight excluding hydrogens is 211 g/mol. The first-order valence-corrected chi connectivity index (χ1v) is 4.84. The van der Waals surface area contributed by atoms with Gasteiger partial charge in [0, 0.05) is 10.1 Å². The Bertz CT molecular complexity index is 226. The first-order valence-electron chi connectivity index (χ1n) is 3.74. The molecule has 0 spiro atoms. The van der Waals surface area contributed by atoms with Crippen LogP contribution in [0.25, 0.3) is 0 Å². The monoisotopic (exact) mass is 223 g/mol. The van der Waals surface area contributed by atoms with Crippen LogP contribution in [0.4, 0.5) is 0 Å². The van der Waals surface area contributed by atoms with Crippen LogP contribution < -0.4 is 0 Å². The summed E-state index contributed by atoms with van der Waals surface area (Å²) in [5.74, 6) is -0.535. The molecule has 7 heteroatoms. The Balaban J connectivity index is 3.42. The Morgan fingerprint density at radius 2 is 2.07 bits per heavy atom. The van der Waals surface area contributed by atoms with Crippen molar-refractivity contribution >= 4 is 14.2 Å². The summed E-state index contributed by atoms with van der Waals surface area (Å²) in [4.78, 5) is 10.8. The predicted octanol–water partition coefficient (Wildman–Crippen LogP) is 0.746. The van der Waals surface area contributed by atoms with Crippen LogP contribution in [-0.4, -0.2) is 31.1 Å². The minimum absolute atomic E-state index is 0.0401. The summed E-state index contributed by atoms with van der Waals surface area (Å²) in [5, 5.41) is 8.17. The van der Waals surface area contributed by atoms with Crippen LogP contribution in [0.2, 0.25) is 0 Å². The van der Waals surface area contributed by atoms with E-state index in [0.717, 1.165) is 0 Å². The van der Waals surface area contributed by atoms with Gasteiger partial charge in [0.1, 0.15) is 13.2 Å². The number of ether oxygens (including phenoxy) is 1. The van der Waals surface area contributed by atoms with Crippen LogP contribution in [-0.2, 0) is 23.1 Å². The van der Waals surface area contributed by atoms with Crippen LogP contribution in [0.5, 0.6) is 0 Å². The third kappa shape index (κ3) is 6.68. The van der Waals surface area contributed by atoms with Crippen molar-refractivity contribution in [2.24, 2.45) is 0 Å². The van der Waals surface area contributed by atoms with E-state index in [1.54, 1.807) is 0 Å². The molecular formula is C7H12O6P+. The Morgan fingerprint density at radius 1 is 1.43 bits per heavy atom. The molecule has 0 saturated carbocycles. The van der Waals surface area contributed by atoms with Crippen molar-refractivity contribution in [3.05, 3.63) is 12.2 Å². The van der Waals surface area contributed by atoms with Crippen molar-refractivity contribution in [2.45, 2.75) is 6.92 Å². The van der Waals surface area contributed by atoms with Crippen molar-refractivity contribution in [2.75, 3.05) is 20.0 Å². The van der Waals surface area contributed by atoms with Crippen LogP contribution in [0.3, 0.4) is 0 Å². The minimum atomic E-state index is -2.34. The molecule has 0 amide bonds. The molecule has 0 aromatic rings. The Hall–Kier alpha value is -0.810. The first kappa shape index (κ1) is 13.2. The van der Waals surface area contributed by atoms with Crippen LogP contribution in [0, 0.1) is 0 Å². The van der Waals surface area contributed by atoms with Crippen molar-refractivity contribution in [3.8, 4) is 0 Å². The summed E-state index contributed by atoms with van der Waals surface area (Å²) in [5.41, 5.74) is 0.279. The average molecular weight is 223 g/mol. The van der Waals surface area contributed by atoms with E-state index in [1.807, 2.05) is 0 Å². The Morgan fingerprint density at radius 3 is 2.57 bits per heavy atom. The SMILES string of the molecule is C=C(C)C(=O)OCCO[P+](=O)OCO. The molecule has 0 aromatic heterocycles. The summed E-state index contributed by atoms with van der Waals surface area (Å²) in [6.45, 7) is 4.10. The largest absolute Gasteiger partial charge is 0.699 e. The average Bonchev–Trinajstić information content (AvgIpc) is 2.12. The molecule has 1 N–H and O–H groups in total. The summed E-state index contributed by atoms with van der Waals surface area (Å²) in [6.07, 6.45) is 0. The molecule has 0 radical (unpaired) electrons. The first-order chi connectivity index (χ1) is 6.57. The summed E-state index contributed by atoms with van der Waals surface area (Å²) >= 11 is 0. The Kier molecular flexibility index (Phi) is 7.14. The molecule has 1 atom stereocenters. The van der Waals surface area contributed by atoms with Crippen LogP contribution in [0.1, 0.15) is 6.92 Å². The molecule has 0 aromatic carbocycles. The van der Waals surface area contributed by atoms with Gasteiger partial charge in [-0.25, -0.2) is 4.79 Å². The van der Waals surface area contributed by atoms with E-state index in [9.17, 15) is 9.36 Å². The number of esters is 1. The highest BCUT2D eigenvalue weighted by molar-refractivity contribution is 7.33. The van der Waals surface area contributed by atoms with Gasteiger partial charge in [-0.05, 0) is 6.92 Å². The number of carbonyl (C=O) groups is 1. The molecule has 14 heavy (non-hydrogen) atoms. The van der Waals surface area contributed by atoms with Crippen molar-refractivity contribution in [1.82, 2.24) is 0 Å². The number of hydrogen-bond acceptors (Lipinski definition) is 6. The minimum Gasteiger partial charge on any atom is -0.460 e. The van der Waals surface area contributed by atoms with Gasteiger partial charge in [0.2, 0.25) is 6.79 Å². The highest BCUT2D eigenvalue weighted by Gasteiger charge is 2.19. The zero-order chi connectivity index (χ0) is 11.0. The zero-order valence-electron chi connectivity index (χ0n) is 7.76. The second kappa shape index (κ2) is 7.58. The van der Waals surface area contributed by atoms with Crippen LogP contribution >= 0.6 is 8.25 Å². The number of rotatable bonds is 7. The fraction of sp³-hybridized carbons (Fsp3) is 0.571. The quantitative estimate of drug-likeness (QED) is 0.225. The van der Waals surface area contributed by atoms with Gasteiger partial charge in [-0.15, -0.1) is 4.52 Å². The zero-order valence-corrected chi connectivity index (χ0v) is 8.66. The van der Waals surface area contributed by atoms with Gasteiger partial charge in [-0.2, -0.15) is 0 Å². The lowest BCUT2D eigenvalue weighted by atomic mass is 10.4.